The Morgan fingerprint density at radius 2 is 2.00 bits per heavy atom. The summed E-state index contributed by atoms with van der Waals surface area (Å²) in [5.74, 6) is -0.401. The van der Waals surface area contributed by atoms with E-state index < -0.39 is 5.97 Å². The highest BCUT2D eigenvalue weighted by atomic mass is 16.5. The van der Waals surface area contributed by atoms with E-state index in [1.807, 2.05) is 13.0 Å². The van der Waals surface area contributed by atoms with Crippen molar-refractivity contribution in [2.75, 3.05) is 0 Å². The van der Waals surface area contributed by atoms with Gasteiger partial charge in [-0.25, -0.2) is 4.79 Å². The van der Waals surface area contributed by atoms with Gasteiger partial charge >= 0.3 is 5.97 Å². The van der Waals surface area contributed by atoms with Gasteiger partial charge in [-0.05, 0) is 18.6 Å². The van der Waals surface area contributed by atoms with Crippen LogP contribution in [0.4, 0.5) is 0 Å². The molecule has 3 heteroatoms. The lowest BCUT2D eigenvalue weighted by molar-refractivity contribution is 0.0709. The Bertz CT molecular complexity index is 333. The second-order valence-corrected chi connectivity index (χ2v) is 3.28. The highest BCUT2D eigenvalue weighted by molar-refractivity contribution is 5.97. The molecule has 0 aromatic heterocycles. The molecule has 0 aliphatic carbocycles. The molecule has 1 aromatic carbocycles. The van der Waals surface area contributed by atoms with Crippen molar-refractivity contribution in [2.45, 2.75) is 26.2 Å². The molecule has 0 aliphatic heterocycles. The van der Waals surface area contributed by atoms with Gasteiger partial charge in [0.25, 0.3) is 0 Å². The van der Waals surface area contributed by atoms with E-state index in [9.17, 15) is 4.79 Å². The van der Waals surface area contributed by atoms with E-state index in [1.54, 1.807) is 24.3 Å². The number of esters is 1. The number of carbonyl (C=O) groups excluding carboxylic acids is 1. The van der Waals surface area contributed by atoms with Crippen LogP contribution in [0.3, 0.4) is 0 Å². The predicted molar refractivity (Wildman–Crippen MR) is 59.1 cm³/mol. The van der Waals surface area contributed by atoms with Crippen molar-refractivity contribution < 1.29 is 9.53 Å². The Balaban J connectivity index is 2.46. The van der Waals surface area contributed by atoms with Crippen molar-refractivity contribution in [2.24, 2.45) is 0 Å². The average Bonchev–Trinajstić information content (AvgIpc) is 2.27. The Morgan fingerprint density at radius 3 is 2.60 bits per heavy atom. The molecule has 0 unspecified atom stereocenters. The SMILES string of the molecule is CCCCC(=N)OC(=O)c1ccccc1. The molecule has 0 fully saturated rings. The topological polar surface area (TPSA) is 50.1 Å². The van der Waals surface area contributed by atoms with Crippen LogP contribution in [0.5, 0.6) is 0 Å². The minimum atomic E-state index is -0.447. The first kappa shape index (κ1) is 11.4. The Kier molecular flexibility index (Phi) is 4.54. The molecule has 0 bridgehead atoms. The highest BCUT2D eigenvalue weighted by Crippen LogP contribution is 2.04. The van der Waals surface area contributed by atoms with Gasteiger partial charge in [0.15, 0.2) is 5.90 Å². The Labute approximate surface area is 89.6 Å². The first-order valence-electron chi connectivity index (χ1n) is 5.08. The molecule has 0 heterocycles. The average molecular weight is 205 g/mol. The molecule has 1 N–H and O–H groups in total. The van der Waals surface area contributed by atoms with Crippen molar-refractivity contribution in [3.8, 4) is 0 Å². The number of benzene rings is 1. The summed E-state index contributed by atoms with van der Waals surface area (Å²) in [5, 5.41) is 7.43. The fourth-order valence-electron chi connectivity index (χ4n) is 1.13. The number of hydrogen-bond donors (Lipinski definition) is 1. The van der Waals surface area contributed by atoms with Gasteiger partial charge in [-0.3, -0.25) is 5.41 Å². The Hall–Kier alpha value is -1.64. The van der Waals surface area contributed by atoms with E-state index in [0.717, 1.165) is 12.8 Å². The number of nitrogens with one attached hydrogen (secondary N) is 1. The molecule has 0 amide bonds. The maximum Gasteiger partial charge on any atom is 0.344 e. The summed E-state index contributed by atoms with van der Waals surface area (Å²) < 4.78 is 4.88. The van der Waals surface area contributed by atoms with Gasteiger partial charge in [0.1, 0.15) is 0 Å². The molecule has 0 saturated carbocycles. The lowest BCUT2D eigenvalue weighted by Crippen LogP contribution is -2.11. The third kappa shape index (κ3) is 3.94. The van der Waals surface area contributed by atoms with E-state index in [4.69, 9.17) is 10.1 Å². The van der Waals surface area contributed by atoms with Crippen molar-refractivity contribution in [1.29, 1.82) is 5.41 Å². The van der Waals surface area contributed by atoms with Crippen LogP contribution in [0.2, 0.25) is 0 Å². The van der Waals surface area contributed by atoms with Gasteiger partial charge in [-0.2, -0.15) is 0 Å². The maximum atomic E-state index is 11.5. The van der Waals surface area contributed by atoms with Crippen molar-refractivity contribution in [3.05, 3.63) is 35.9 Å². The van der Waals surface area contributed by atoms with Crippen LogP contribution >= 0.6 is 0 Å². The molecule has 3 nitrogen and oxygen atoms in total. The second-order valence-electron chi connectivity index (χ2n) is 3.28. The summed E-state index contributed by atoms with van der Waals surface area (Å²) in [7, 11) is 0. The number of hydrogen-bond acceptors (Lipinski definition) is 3. The smallest absolute Gasteiger partial charge is 0.344 e. The van der Waals surface area contributed by atoms with Crippen LogP contribution in [0.15, 0.2) is 30.3 Å². The normalized spacial score (nSPS) is 9.67. The summed E-state index contributed by atoms with van der Waals surface area (Å²) in [4.78, 5) is 11.5. The van der Waals surface area contributed by atoms with E-state index >= 15 is 0 Å². The molecular formula is C12H15NO2. The van der Waals surface area contributed by atoms with Gasteiger partial charge in [-0.1, -0.05) is 31.5 Å². The quantitative estimate of drug-likeness (QED) is 0.466. The zero-order valence-corrected chi connectivity index (χ0v) is 8.82. The first-order valence-corrected chi connectivity index (χ1v) is 5.08. The number of rotatable bonds is 4. The van der Waals surface area contributed by atoms with Crippen LogP contribution in [-0.2, 0) is 4.74 Å². The fraction of sp³-hybridized carbons (Fsp3) is 0.333. The standard InChI is InChI=1S/C12H15NO2/c1-2-3-9-11(13)15-12(14)10-7-5-4-6-8-10/h4-8,13H,2-3,9H2,1H3. The molecule has 0 aliphatic rings. The van der Waals surface area contributed by atoms with Gasteiger partial charge < -0.3 is 4.74 Å². The summed E-state index contributed by atoms with van der Waals surface area (Å²) in [6.07, 6.45) is 2.39. The first-order chi connectivity index (χ1) is 7.24. The largest absolute Gasteiger partial charge is 0.409 e. The molecule has 1 aromatic rings. The van der Waals surface area contributed by atoms with Crippen molar-refractivity contribution in [1.82, 2.24) is 0 Å². The van der Waals surface area contributed by atoms with Crippen molar-refractivity contribution >= 4 is 11.9 Å². The minimum absolute atomic E-state index is 0.0469. The van der Waals surface area contributed by atoms with E-state index in [0.29, 0.717) is 12.0 Å². The third-order valence-corrected chi connectivity index (χ3v) is 1.98. The molecule has 0 atom stereocenters. The minimum Gasteiger partial charge on any atom is -0.409 e. The monoisotopic (exact) mass is 205 g/mol. The van der Waals surface area contributed by atoms with E-state index in [-0.39, 0.29) is 5.90 Å². The number of ether oxygens (including phenoxy) is 1. The predicted octanol–water partition coefficient (Wildman–Crippen LogP) is 3.01. The zero-order valence-electron chi connectivity index (χ0n) is 8.82. The van der Waals surface area contributed by atoms with E-state index in [1.165, 1.54) is 0 Å². The lowest BCUT2D eigenvalue weighted by Gasteiger charge is -2.04. The second kappa shape index (κ2) is 5.96. The van der Waals surface area contributed by atoms with Gasteiger partial charge in [0.2, 0.25) is 0 Å². The lowest BCUT2D eigenvalue weighted by atomic mass is 10.2. The molecule has 1 rings (SSSR count). The molecule has 0 saturated heterocycles. The zero-order chi connectivity index (χ0) is 11.1. The molecule has 0 radical (unpaired) electrons. The number of unbranched alkanes of at least 4 members (excludes halogenated alkanes) is 1. The van der Waals surface area contributed by atoms with Gasteiger partial charge in [0, 0.05) is 6.42 Å². The highest BCUT2D eigenvalue weighted by Gasteiger charge is 2.08. The van der Waals surface area contributed by atoms with Crippen LogP contribution in [0.1, 0.15) is 36.5 Å². The van der Waals surface area contributed by atoms with Crippen LogP contribution in [0.25, 0.3) is 0 Å². The fourth-order valence-corrected chi connectivity index (χ4v) is 1.13. The summed E-state index contributed by atoms with van der Waals surface area (Å²) in [6, 6.07) is 8.72. The number of carbonyl (C=O) groups is 1. The van der Waals surface area contributed by atoms with Crippen LogP contribution < -0.4 is 0 Å². The van der Waals surface area contributed by atoms with Crippen LogP contribution in [0, 0.1) is 5.41 Å². The molecule has 0 spiro atoms. The van der Waals surface area contributed by atoms with Gasteiger partial charge in [-0.15, -0.1) is 0 Å². The molecule has 15 heavy (non-hydrogen) atoms. The maximum absolute atomic E-state index is 11.5. The van der Waals surface area contributed by atoms with Crippen molar-refractivity contribution in [3.63, 3.8) is 0 Å². The van der Waals surface area contributed by atoms with Crippen LogP contribution in [-0.4, -0.2) is 11.9 Å². The summed E-state index contributed by atoms with van der Waals surface area (Å²) in [5.41, 5.74) is 0.485. The van der Waals surface area contributed by atoms with E-state index in [2.05, 4.69) is 0 Å². The Morgan fingerprint density at radius 1 is 1.33 bits per heavy atom. The third-order valence-electron chi connectivity index (χ3n) is 1.98. The molecule has 80 valence electrons. The van der Waals surface area contributed by atoms with Gasteiger partial charge in [0.05, 0.1) is 5.56 Å². The summed E-state index contributed by atoms with van der Waals surface area (Å²) in [6.45, 7) is 2.03. The summed E-state index contributed by atoms with van der Waals surface area (Å²) >= 11 is 0. The molecular weight excluding hydrogens is 190 g/mol.